The normalized spacial score (nSPS) is 11.9. The molecule has 2 rings (SSSR count). The largest absolute Gasteiger partial charge is 0.417 e. The molecule has 20 heavy (non-hydrogen) atoms. The molecular formula is C13H12BrF3N2S. The molecule has 1 aromatic carbocycles. The molecule has 0 atom stereocenters. The number of hydrogen-bond donors (Lipinski definition) is 1. The lowest BCUT2D eigenvalue weighted by atomic mass is 10.1. The maximum Gasteiger partial charge on any atom is 0.417 e. The summed E-state index contributed by atoms with van der Waals surface area (Å²) in [5.41, 5.74) is 5.78. The minimum Gasteiger partial charge on any atom is -0.326 e. The second-order valence-electron chi connectivity index (χ2n) is 4.13. The van der Waals surface area contributed by atoms with Gasteiger partial charge in [-0.2, -0.15) is 13.2 Å². The number of aromatic nitrogens is 1. The van der Waals surface area contributed by atoms with Crippen molar-refractivity contribution >= 4 is 27.3 Å². The van der Waals surface area contributed by atoms with Gasteiger partial charge in [0.1, 0.15) is 5.01 Å². The number of thiazole rings is 1. The fraction of sp³-hybridized carbons (Fsp3) is 0.308. The van der Waals surface area contributed by atoms with Crippen LogP contribution in [0.3, 0.4) is 0 Å². The molecule has 0 spiro atoms. The van der Waals surface area contributed by atoms with Gasteiger partial charge in [0, 0.05) is 21.5 Å². The van der Waals surface area contributed by atoms with E-state index in [0.717, 1.165) is 16.6 Å². The summed E-state index contributed by atoms with van der Waals surface area (Å²) in [5, 5.41) is 0.363. The topological polar surface area (TPSA) is 38.9 Å². The van der Waals surface area contributed by atoms with Crippen LogP contribution in [0.5, 0.6) is 0 Å². The molecule has 2 N–H and O–H groups in total. The average Bonchev–Trinajstić information content (AvgIpc) is 2.80. The lowest BCUT2D eigenvalue weighted by molar-refractivity contribution is -0.137. The molecule has 7 heteroatoms. The minimum absolute atomic E-state index is 0.0973. The Morgan fingerprint density at radius 2 is 2.05 bits per heavy atom. The molecule has 0 saturated heterocycles. The monoisotopic (exact) mass is 364 g/mol. The van der Waals surface area contributed by atoms with Gasteiger partial charge in [0.2, 0.25) is 0 Å². The number of rotatable bonds is 3. The van der Waals surface area contributed by atoms with Crippen LogP contribution in [-0.4, -0.2) is 4.98 Å². The van der Waals surface area contributed by atoms with Crippen molar-refractivity contribution in [2.24, 2.45) is 5.73 Å². The van der Waals surface area contributed by atoms with Crippen LogP contribution < -0.4 is 5.73 Å². The van der Waals surface area contributed by atoms with Gasteiger partial charge in [0.25, 0.3) is 0 Å². The van der Waals surface area contributed by atoms with Crippen LogP contribution in [0.15, 0.2) is 22.7 Å². The molecule has 0 aliphatic carbocycles. The summed E-state index contributed by atoms with van der Waals surface area (Å²) in [5.74, 6) is 0. The second-order valence-corrected chi connectivity index (χ2v) is 6.13. The Balaban J connectivity index is 2.60. The van der Waals surface area contributed by atoms with E-state index in [2.05, 4.69) is 20.9 Å². The summed E-state index contributed by atoms with van der Waals surface area (Å²) in [6, 6.07) is 4.09. The highest BCUT2D eigenvalue weighted by atomic mass is 79.9. The number of hydrogen-bond acceptors (Lipinski definition) is 3. The molecular weight excluding hydrogens is 353 g/mol. The highest BCUT2D eigenvalue weighted by Crippen LogP contribution is 2.40. The van der Waals surface area contributed by atoms with Crippen molar-refractivity contribution in [1.29, 1.82) is 0 Å². The zero-order chi connectivity index (χ0) is 14.9. The predicted molar refractivity (Wildman–Crippen MR) is 77.5 cm³/mol. The SMILES string of the molecule is CCc1nc(-c2ccc(Br)cc2C(F)(F)F)sc1CN. The average molecular weight is 365 g/mol. The summed E-state index contributed by atoms with van der Waals surface area (Å²) < 4.78 is 39.7. The smallest absolute Gasteiger partial charge is 0.326 e. The third-order valence-corrected chi connectivity index (χ3v) is 4.46. The zero-order valence-corrected chi connectivity index (χ0v) is 13.0. The van der Waals surface area contributed by atoms with E-state index in [1.54, 1.807) is 6.07 Å². The fourth-order valence-electron chi connectivity index (χ4n) is 1.87. The number of nitrogens with zero attached hydrogens (tertiary/aromatic N) is 1. The molecule has 1 aromatic heterocycles. The van der Waals surface area contributed by atoms with Crippen LogP contribution >= 0.6 is 27.3 Å². The molecule has 2 aromatic rings. The minimum atomic E-state index is -4.42. The Morgan fingerprint density at radius 3 is 2.55 bits per heavy atom. The van der Waals surface area contributed by atoms with Gasteiger partial charge in [-0.25, -0.2) is 4.98 Å². The van der Waals surface area contributed by atoms with Crippen LogP contribution in [0.4, 0.5) is 13.2 Å². The molecule has 1 heterocycles. The zero-order valence-electron chi connectivity index (χ0n) is 10.6. The van der Waals surface area contributed by atoms with E-state index in [-0.39, 0.29) is 5.56 Å². The van der Waals surface area contributed by atoms with Crippen molar-refractivity contribution in [2.75, 3.05) is 0 Å². The molecule has 2 nitrogen and oxygen atoms in total. The Bertz CT molecular complexity index is 601. The third kappa shape index (κ3) is 3.05. The molecule has 0 bridgehead atoms. The van der Waals surface area contributed by atoms with Crippen LogP contribution in [-0.2, 0) is 19.1 Å². The van der Waals surface area contributed by atoms with Gasteiger partial charge in [-0.15, -0.1) is 11.3 Å². The highest BCUT2D eigenvalue weighted by Gasteiger charge is 2.34. The Morgan fingerprint density at radius 1 is 1.35 bits per heavy atom. The van der Waals surface area contributed by atoms with E-state index in [0.29, 0.717) is 22.4 Å². The van der Waals surface area contributed by atoms with Crippen LogP contribution in [0.2, 0.25) is 0 Å². The lowest BCUT2D eigenvalue weighted by Gasteiger charge is -2.11. The molecule has 0 aliphatic heterocycles. The number of aryl methyl sites for hydroxylation is 1. The number of alkyl halides is 3. The molecule has 108 valence electrons. The van der Waals surface area contributed by atoms with Crippen molar-refractivity contribution in [1.82, 2.24) is 4.98 Å². The van der Waals surface area contributed by atoms with E-state index in [9.17, 15) is 13.2 Å². The van der Waals surface area contributed by atoms with Crippen LogP contribution in [0.1, 0.15) is 23.1 Å². The third-order valence-electron chi connectivity index (χ3n) is 2.82. The van der Waals surface area contributed by atoms with E-state index in [4.69, 9.17) is 5.73 Å². The Hall–Kier alpha value is -0.920. The Kier molecular flexibility index (Phi) is 4.51. The number of benzene rings is 1. The van der Waals surface area contributed by atoms with E-state index >= 15 is 0 Å². The maximum atomic E-state index is 13.1. The quantitative estimate of drug-likeness (QED) is 0.863. The molecule has 0 unspecified atom stereocenters. The molecule has 0 saturated carbocycles. The van der Waals surface area contributed by atoms with Gasteiger partial charge in [0.15, 0.2) is 0 Å². The van der Waals surface area contributed by atoms with E-state index in [1.807, 2.05) is 6.92 Å². The van der Waals surface area contributed by atoms with Gasteiger partial charge in [-0.3, -0.25) is 0 Å². The summed E-state index contributed by atoms with van der Waals surface area (Å²) in [4.78, 5) is 5.13. The van der Waals surface area contributed by atoms with Gasteiger partial charge in [0.05, 0.1) is 11.3 Å². The summed E-state index contributed by atoms with van der Waals surface area (Å²) in [6.07, 6.45) is -3.76. The van der Waals surface area contributed by atoms with Gasteiger partial charge >= 0.3 is 6.18 Å². The first kappa shape index (κ1) is 15.5. The Labute approximate surface area is 127 Å². The predicted octanol–water partition coefficient (Wildman–Crippen LogP) is 4.61. The fourth-order valence-corrected chi connectivity index (χ4v) is 3.30. The first-order valence-electron chi connectivity index (χ1n) is 5.92. The summed E-state index contributed by atoms with van der Waals surface area (Å²) in [6.45, 7) is 2.20. The number of halogens is 4. The summed E-state index contributed by atoms with van der Waals surface area (Å²) in [7, 11) is 0. The van der Waals surface area contributed by atoms with Crippen molar-refractivity contribution in [2.45, 2.75) is 26.1 Å². The van der Waals surface area contributed by atoms with Crippen LogP contribution in [0, 0.1) is 0 Å². The van der Waals surface area contributed by atoms with Gasteiger partial charge in [-0.05, 0) is 18.6 Å². The van der Waals surface area contributed by atoms with Crippen LogP contribution in [0.25, 0.3) is 10.6 Å². The van der Waals surface area contributed by atoms with Gasteiger partial charge in [-0.1, -0.05) is 28.9 Å². The second kappa shape index (κ2) is 5.83. The highest BCUT2D eigenvalue weighted by molar-refractivity contribution is 9.10. The molecule has 0 amide bonds. The molecule has 0 fully saturated rings. The van der Waals surface area contributed by atoms with E-state index in [1.165, 1.54) is 17.4 Å². The van der Waals surface area contributed by atoms with Crippen molar-refractivity contribution in [3.05, 3.63) is 38.8 Å². The first-order chi connectivity index (χ1) is 9.36. The van der Waals surface area contributed by atoms with Crippen molar-refractivity contribution in [3.63, 3.8) is 0 Å². The standard InChI is InChI=1S/C13H12BrF3N2S/c1-2-10-11(6-18)20-12(19-10)8-4-3-7(14)5-9(8)13(15,16)17/h3-5H,2,6,18H2,1H3. The van der Waals surface area contributed by atoms with Gasteiger partial charge < -0.3 is 5.73 Å². The maximum absolute atomic E-state index is 13.1. The van der Waals surface area contributed by atoms with Crippen molar-refractivity contribution < 1.29 is 13.2 Å². The van der Waals surface area contributed by atoms with E-state index < -0.39 is 11.7 Å². The van der Waals surface area contributed by atoms with Crippen molar-refractivity contribution in [3.8, 4) is 10.6 Å². The molecule has 0 aliphatic rings. The lowest BCUT2D eigenvalue weighted by Crippen LogP contribution is -2.07. The molecule has 0 radical (unpaired) electrons. The summed E-state index contributed by atoms with van der Waals surface area (Å²) >= 11 is 4.29. The number of nitrogens with two attached hydrogens (primary N) is 1. The first-order valence-corrected chi connectivity index (χ1v) is 7.53.